The lowest BCUT2D eigenvalue weighted by atomic mass is 9.99. The highest BCUT2D eigenvalue weighted by Crippen LogP contribution is 2.24. The smallest absolute Gasteiger partial charge is 0.325 e. The Bertz CT molecular complexity index is 744. The second-order valence-electron chi connectivity index (χ2n) is 6.72. The third-order valence-electron chi connectivity index (χ3n) is 4.79. The van der Waals surface area contributed by atoms with Crippen molar-refractivity contribution in [2.24, 2.45) is 5.73 Å². The van der Waals surface area contributed by atoms with Crippen molar-refractivity contribution in [2.45, 2.75) is 38.9 Å². The van der Waals surface area contributed by atoms with Crippen LogP contribution >= 0.6 is 0 Å². The standard InChI is InChI=1S/C17H23N5O2/c1-12-5-13(2)15(8-22-11-19-10-20-22)6-14(12)7-21-4-3-17(18,9-21)16(23)24/h5-6,10-11H,3-4,7-9,18H2,1-2H3,(H,23,24)/t17-/m1/s1. The van der Waals surface area contributed by atoms with Gasteiger partial charge in [-0.05, 0) is 42.5 Å². The van der Waals surface area contributed by atoms with E-state index in [1.54, 1.807) is 11.0 Å². The number of aromatic nitrogens is 3. The van der Waals surface area contributed by atoms with Gasteiger partial charge in [0.25, 0.3) is 0 Å². The lowest BCUT2D eigenvalue weighted by Crippen LogP contribution is -2.50. The third kappa shape index (κ3) is 3.32. The highest BCUT2D eigenvalue weighted by molar-refractivity contribution is 5.79. The van der Waals surface area contributed by atoms with Crippen LogP contribution in [0, 0.1) is 13.8 Å². The maximum atomic E-state index is 11.3. The molecule has 1 aliphatic heterocycles. The number of aliphatic carboxylic acids is 1. The Morgan fingerprint density at radius 2 is 2.00 bits per heavy atom. The normalized spacial score (nSPS) is 21.3. The maximum Gasteiger partial charge on any atom is 0.325 e. The Balaban J connectivity index is 1.77. The Labute approximate surface area is 141 Å². The lowest BCUT2D eigenvalue weighted by molar-refractivity contribution is -0.142. The molecule has 2 aromatic rings. The van der Waals surface area contributed by atoms with Gasteiger partial charge in [-0.25, -0.2) is 9.67 Å². The number of hydrogen-bond acceptors (Lipinski definition) is 5. The average Bonchev–Trinajstić information content (AvgIpc) is 3.15. The fraction of sp³-hybridized carbons (Fsp3) is 0.471. The molecule has 24 heavy (non-hydrogen) atoms. The van der Waals surface area contributed by atoms with E-state index in [9.17, 15) is 9.90 Å². The van der Waals surface area contributed by atoms with Gasteiger partial charge in [0.1, 0.15) is 18.2 Å². The number of benzene rings is 1. The molecule has 1 saturated heterocycles. The van der Waals surface area contributed by atoms with E-state index in [1.807, 2.05) is 0 Å². The van der Waals surface area contributed by atoms with Crippen LogP contribution in [-0.2, 0) is 17.9 Å². The summed E-state index contributed by atoms with van der Waals surface area (Å²) in [6.07, 6.45) is 3.72. The fourth-order valence-electron chi connectivity index (χ4n) is 3.24. The quantitative estimate of drug-likeness (QED) is 0.847. The second-order valence-corrected chi connectivity index (χ2v) is 6.72. The summed E-state index contributed by atoms with van der Waals surface area (Å²) in [6, 6.07) is 4.36. The molecule has 7 nitrogen and oxygen atoms in total. The van der Waals surface area contributed by atoms with Crippen LogP contribution in [0.25, 0.3) is 0 Å². The van der Waals surface area contributed by atoms with E-state index in [4.69, 9.17) is 5.73 Å². The van der Waals surface area contributed by atoms with E-state index in [0.29, 0.717) is 32.6 Å². The van der Waals surface area contributed by atoms with E-state index in [2.05, 4.69) is 41.0 Å². The van der Waals surface area contributed by atoms with Gasteiger partial charge in [-0.2, -0.15) is 5.10 Å². The van der Waals surface area contributed by atoms with Crippen LogP contribution in [0.5, 0.6) is 0 Å². The first-order chi connectivity index (χ1) is 11.4. The van der Waals surface area contributed by atoms with Crippen molar-refractivity contribution in [3.8, 4) is 0 Å². The highest BCUT2D eigenvalue weighted by Gasteiger charge is 2.41. The van der Waals surface area contributed by atoms with Crippen molar-refractivity contribution in [3.05, 3.63) is 47.0 Å². The van der Waals surface area contributed by atoms with Gasteiger partial charge in [0.05, 0.1) is 6.54 Å². The van der Waals surface area contributed by atoms with Crippen LogP contribution in [-0.4, -0.2) is 49.4 Å². The van der Waals surface area contributed by atoms with Crippen molar-refractivity contribution < 1.29 is 9.90 Å². The van der Waals surface area contributed by atoms with Gasteiger partial charge >= 0.3 is 5.97 Å². The zero-order valence-corrected chi connectivity index (χ0v) is 14.1. The molecule has 1 aromatic carbocycles. The van der Waals surface area contributed by atoms with Crippen molar-refractivity contribution in [3.63, 3.8) is 0 Å². The number of likely N-dealkylation sites (tertiary alicyclic amines) is 1. The number of hydrogen-bond donors (Lipinski definition) is 2. The third-order valence-corrected chi connectivity index (χ3v) is 4.79. The van der Waals surface area contributed by atoms with Crippen LogP contribution in [0.4, 0.5) is 0 Å². The van der Waals surface area contributed by atoms with Crippen LogP contribution in [0.3, 0.4) is 0 Å². The Kier molecular flexibility index (Phi) is 4.38. The molecule has 1 aromatic heterocycles. The largest absolute Gasteiger partial charge is 0.480 e. The van der Waals surface area contributed by atoms with Crippen molar-refractivity contribution in [1.29, 1.82) is 0 Å². The summed E-state index contributed by atoms with van der Waals surface area (Å²) in [7, 11) is 0. The predicted octanol–water partition coefficient (Wildman–Crippen LogP) is 0.931. The summed E-state index contributed by atoms with van der Waals surface area (Å²) in [5.74, 6) is -0.919. The summed E-state index contributed by atoms with van der Waals surface area (Å²) in [6.45, 7) is 6.65. The van der Waals surface area contributed by atoms with E-state index in [1.165, 1.54) is 28.6 Å². The van der Waals surface area contributed by atoms with E-state index in [0.717, 1.165) is 0 Å². The van der Waals surface area contributed by atoms with Crippen LogP contribution in [0.1, 0.15) is 28.7 Å². The molecule has 7 heteroatoms. The minimum Gasteiger partial charge on any atom is -0.480 e. The molecule has 128 valence electrons. The first-order valence-electron chi connectivity index (χ1n) is 8.03. The summed E-state index contributed by atoms with van der Waals surface area (Å²) < 4.78 is 1.80. The summed E-state index contributed by atoms with van der Waals surface area (Å²) in [4.78, 5) is 17.4. The molecule has 1 fully saturated rings. The number of carboxylic acid groups (broad SMARTS) is 1. The Morgan fingerprint density at radius 1 is 1.29 bits per heavy atom. The fourth-order valence-corrected chi connectivity index (χ4v) is 3.24. The van der Waals surface area contributed by atoms with Gasteiger partial charge in [-0.15, -0.1) is 0 Å². The van der Waals surface area contributed by atoms with Gasteiger partial charge in [-0.1, -0.05) is 12.1 Å². The molecule has 0 spiro atoms. The first-order valence-corrected chi connectivity index (χ1v) is 8.03. The number of aryl methyl sites for hydroxylation is 2. The van der Waals surface area contributed by atoms with Gasteiger partial charge < -0.3 is 10.8 Å². The molecule has 2 heterocycles. The molecule has 0 saturated carbocycles. The molecular weight excluding hydrogens is 306 g/mol. The van der Waals surface area contributed by atoms with Gasteiger partial charge in [0.2, 0.25) is 0 Å². The number of carboxylic acids is 1. The number of nitrogens with zero attached hydrogens (tertiary/aromatic N) is 4. The molecule has 1 atom stereocenters. The van der Waals surface area contributed by atoms with Crippen molar-refractivity contribution in [2.75, 3.05) is 13.1 Å². The zero-order chi connectivity index (χ0) is 17.3. The average molecular weight is 329 g/mol. The monoisotopic (exact) mass is 329 g/mol. The zero-order valence-electron chi connectivity index (χ0n) is 14.1. The van der Waals surface area contributed by atoms with Gasteiger partial charge in [0.15, 0.2) is 0 Å². The molecule has 1 aliphatic rings. The molecule has 0 amide bonds. The molecule has 3 rings (SSSR count). The SMILES string of the molecule is Cc1cc(C)c(Cn2cncn2)cc1CN1CC[C@](N)(C(=O)O)C1. The Hall–Kier alpha value is -2.25. The van der Waals surface area contributed by atoms with E-state index < -0.39 is 11.5 Å². The summed E-state index contributed by atoms with van der Waals surface area (Å²) in [5.41, 5.74) is 9.66. The van der Waals surface area contributed by atoms with Gasteiger partial charge in [-0.3, -0.25) is 9.69 Å². The molecular formula is C17H23N5O2. The highest BCUT2D eigenvalue weighted by atomic mass is 16.4. The van der Waals surface area contributed by atoms with E-state index >= 15 is 0 Å². The molecule has 3 N–H and O–H groups in total. The molecule has 0 aliphatic carbocycles. The minimum atomic E-state index is -1.12. The summed E-state index contributed by atoms with van der Waals surface area (Å²) in [5, 5.41) is 13.4. The van der Waals surface area contributed by atoms with Crippen molar-refractivity contribution >= 4 is 5.97 Å². The van der Waals surface area contributed by atoms with Crippen LogP contribution < -0.4 is 5.73 Å². The number of nitrogens with two attached hydrogens (primary N) is 1. The number of rotatable bonds is 5. The van der Waals surface area contributed by atoms with Crippen molar-refractivity contribution in [1.82, 2.24) is 19.7 Å². The number of carbonyl (C=O) groups is 1. The van der Waals surface area contributed by atoms with E-state index in [-0.39, 0.29) is 0 Å². The summed E-state index contributed by atoms with van der Waals surface area (Å²) >= 11 is 0. The second kappa shape index (κ2) is 6.33. The predicted molar refractivity (Wildman–Crippen MR) is 89.5 cm³/mol. The van der Waals surface area contributed by atoms with Crippen LogP contribution in [0.2, 0.25) is 0 Å². The Morgan fingerprint density at radius 3 is 2.58 bits per heavy atom. The topological polar surface area (TPSA) is 97.3 Å². The maximum absolute atomic E-state index is 11.3. The molecule has 0 bridgehead atoms. The first kappa shape index (κ1) is 16.6. The van der Waals surface area contributed by atoms with Crippen LogP contribution in [0.15, 0.2) is 24.8 Å². The molecule has 0 radical (unpaired) electrons. The van der Waals surface area contributed by atoms with Gasteiger partial charge in [0, 0.05) is 19.6 Å². The minimum absolute atomic E-state index is 0.383. The lowest BCUT2D eigenvalue weighted by Gasteiger charge is -2.21. The molecule has 0 unspecified atom stereocenters.